The standard InChI is InChI=1S/C11H15ClN2O2/c1-13-11(15)5-6-14-10-7-8(16-2)3-4-9(10)12/h3-4,7,14H,5-6H2,1-2H3,(H,13,15). The zero-order valence-corrected chi connectivity index (χ0v) is 10.1. The fraction of sp³-hybridized carbons (Fsp3) is 0.364. The molecule has 0 aromatic heterocycles. The summed E-state index contributed by atoms with van der Waals surface area (Å²) in [6.45, 7) is 0.534. The number of carbonyl (C=O) groups is 1. The van der Waals surface area contributed by atoms with Crippen molar-refractivity contribution in [2.24, 2.45) is 0 Å². The highest BCUT2D eigenvalue weighted by atomic mass is 35.5. The summed E-state index contributed by atoms with van der Waals surface area (Å²) in [6, 6.07) is 5.33. The Morgan fingerprint density at radius 2 is 2.25 bits per heavy atom. The highest BCUT2D eigenvalue weighted by Gasteiger charge is 2.03. The first-order valence-electron chi connectivity index (χ1n) is 4.95. The Hall–Kier alpha value is -1.42. The number of rotatable bonds is 5. The maximum absolute atomic E-state index is 11.0. The van der Waals surface area contributed by atoms with Crippen molar-refractivity contribution in [2.45, 2.75) is 6.42 Å². The number of benzene rings is 1. The molecular formula is C11H15ClN2O2. The molecule has 0 aliphatic rings. The lowest BCUT2D eigenvalue weighted by molar-refractivity contribution is -0.120. The number of halogens is 1. The van der Waals surface area contributed by atoms with E-state index in [1.165, 1.54) is 0 Å². The quantitative estimate of drug-likeness (QED) is 0.829. The van der Waals surface area contributed by atoms with E-state index in [1.54, 1.807) is 32.4 Å². The number of amides is 1. The first-order chi connectivity index (χ1) is 7.67. The van der Waals surface area contributed by atoms with Gasteiger partial charge in [-0.15, -0.1) is 0 Å². The van der Waals surface area contributed by atoms with Gasteiger partial charge in [-0.1, -0.05) is 11.6 Å². The average Bonchev–Trinajstić information content (AvgIpc) is 2.31. The molecule has 0 aliphatic carbocycles. The van der Waals surface area contributed by atoms with E-state index in [-0.39, 0.29) is 5.91 Å². The van der Waals surface area contributed by atoms with E-state index in [9.17, 15) is 4.79 Å². The number of anilines is 1. The summed E-state index contributed by atoms with van der Waals surface area (Å²) >= 11 is 5.98. The van der Waals surface area contributed by atoms with E-state index < -0.39 is 0 Å². The smallest absolute Gasteiger partial charge is 0.221 e. The van der Waals surface area contributed by atoms with Gasteiger partial charge in [0.15, 0.2) is 0 Å². The number of nitrogens with one attached hydrogen (secondary N) is 2. The van der Waals surface area contributed by atoms with Crippen LogP contribution < -0.4 is 15.4 Å². The van der Waals surface area contributed by atoms with Crippen LogP contribution in [0.2, 0.25) is 5.02 Å². The largest absolute Gasteiger partial charge is 0.497 e. The third-order valence-electron chi connectivity index (χ3n) is 2.12. The van der Waals surface area contributed by atoms with E-state index in [1.807, 2.05) is 0 Å². The molecule has 0 radical (unpaired) electrons. The summed E-state index contributed by atoms with van der Waals surface area (Å²) in [6.07, 6.45) is 0.407. The number of carbonyl (C=O) groups excluding carboxylic acids is 1. The molecule has 0 saturated carbocycles. The molecule has 0 aliphatic heterocycles. The maximum Gasteiger partial charge on any atom is 0.221 e. The van der Waals surface area contributed by atoms with E-state index in [0.29, 0.717) is 18.0 Å². The van der Waals surface area contributed by atoms with Crippen molar-refractivity contribution in [3.05, 3.63) is 23.2 Å². The minimum atomic E-state index is -0.00785. The first-order valence-corrected chi connectivity index (χ1v) is 5.33. The molecule has 0 saturated heterocycles. The highest BCUT2D eigenvalue weighted by Crippen LogP contribution is 2.26. The molecule has 2 N–H and O–H groups in total. The van der Waals surface area contributed by atoms with Crippen molar-refractivity contribution >= 4 is 23.2 Å². The number of hydrogen-bond acceptors (Lipinski definition) is 3. The van der Waals surface area contributed by atoms with Crippen LogP contribution in [0.15, 0.2) is 18.2 Å². The van der Waals surface area contributed by atoms with Crippen LogP contribution in [0.25, 0.3) is 0 Å². The summed E-state index contributed by atoms with van der Waals surface area (Å²) in [5.74, 6) is 0.721. The van der Waals surface area contributed by atoms with Gasteiger partial charge in [0, 0.05) is 26.1 Å². The van der Waals surface area contributed by atoms with Gasteiger partial charge < -0.3 is 15.4 Å². The van der Waals surface area contributed by atoms with Crippen LogP contribution >= 0.6 is 11.6 Å². The van der Waals surface area contributed by atoms with Crippen LogP contribution in [0.1, 0.15) is 6.42 Å². The minimum absolute atomic E-state index is 0.00785. The topological polar surface area (TPSA) is 50.4 Å². The lowest BCUT2D eigenvalue weighted by atomic mass is 10.3. The highest BCUT2D eigenvalue weighted by molar-refractivity contribution is 6.33. The van der Waals surface area contributed by atoms with Crippen molar-refractivity contribution in [1.29, 1.82) is 0 Å². The molecule has 5 heteroatoms. The molecule has 0 spiro atoms. The second-order valence-corrected chi connectivity index (χ2v) is 3.60. The normalized spacial score (nSPS) is 9.69. The first kappa shape index (κ1) is 12.6. The molecule has 0 fully saturated rings. The van der Waals surface area contributed by atoms with Crippen molar-refractivity contribution in [2.75, 3.05) is 26.0 Å². The Labute approximate surface area is 99.9 Å². The summed E-state index contributed by atoms with van der Waals surface area (Å²) in [5.41, 5.74) is 0.768. The Morgan fingerprint density at radius 3 is 2.88 bits per heavy atom. The van der Waals surface area contributed by atoms with Crippen molar-refractivity contribution in [3.8, 4) is 5.75 Å². The van der Waals surface area contributed by atoms with E-state index >= 15 is 0 Å². The van der Waals surface area contributed by atoms with Crippen LogP contribution in [0, 0.1) is 0 Å². The van der Waals surface area contributed by atoms with Gasteiger partial charge in [0.1, 0.15) is 5.75 Å². The lowest BCUT2D eigenvalue weighted by Crippen LogP contribution is -2.20. The summed E-state index contributed by atoms with van der Waals surface area (Å²) < 4.78 is 5.08. The van der Waals surface area contributed by atoms with Gasteiger partial charge in [-0.3, -0.25) is 4.79 Å². The van der Waals surface area contributed by atoms with Crippen molar-refractivity contribution in [3.63, 3.8) is 0 Å². The maximum atomic E-state index is 11.0. The molecule has 88 valence electrons. The van der Waals surface area contributed by atoms with Crippen LogP contribution in [0.5, 0.6) is 5.75 Å². The number of ether oxygens (including phenoxy) is 1. The van der Waals surface area contributed by atoms with Gasteiger partial charge in [-0.2, -0.15) is 0 Å². The van der Waals surface area contributed by atoms with Crippen LogP contribution in [-0.2, 0) is 4.79 Å². The Morgan fingerprint density at radius 1 is 1.50 bits per heavy atom. The molecule has 1 amide bonds. The molecular weight excluding hydrogens is 228 g/mol. The van der Waals surface area contributed by atoms with E-state index in [0.717, 1.165) is 11.4 Å². The predicted octanol–water partition coefficient (Wildman–Crippen LogP) is 1.90. The zero-order valence-electron chi connectivity index (χ0n) is 9.34. The van der Waals surface area contributed by atoms with Crippen LogP contribution in [0.4, 0.5) is 5.69 Å². The zero-order chi connectivity index (χ0) is 12.0. The summed E-state index contributed by atoms with van der Waals surface area (Å²) in [7, 11) is 3.21. The third kappa shape index (κ3) is 3.62. The Kier molecular flexibility index (Phi) is 4.92. The fourth-order valence-corrected chi connectivity index (χ4v) is 1.39. The SMILES string of the molecule is CNC(=O)CCNc1cc(OC)ccc1Cl. The third-order valence-corrected chi connectivity index (χ3v) is 2.45. The van der Waals surface area contributed by atoms with Crippen molar-refractivity contribution < 1.29 is 9.53 Å². The van der Waals surface area contributed by atoms with E-state index in [2.05, 4.69) is 10.6 Å². The lowest BCUT2D eigenvalue weighted by Gasteiger charge is -2.09. The van der Waals surface area contributed by atoms with Gasteiger partial charge in [-0.25, -0.2) is 0 Å². The van der Waals surface area contributed by atoms with Gasteiger partial charge in [-0.05, 0) is 12.1 Å². The van der Waals surface area contributed by atoms with Crippen LogP contribution in [-0.4, -0.2) is 26.6 Å². The monoisotopic (exact) mass is 242 g/mol. The van der Waals surface area contributed by atoms with Gasteiger partial charge >= 0.3 is 0 Å². The summed E-state index contributed by atoms with van der Waals surface area (Å²) in [5, 5.41) is 6.24. The Balaban J connectivity index is 2.55. The molecule has 1 rings (SSSR count). The second kappa shape index (κ2) is 6.23. The Bertz CT molecular complexity index is 369. The molecule has 0 bridgehead atoms. The molecule has 1 aromatic carbocycles. The fourth-order valence-electron chi connectivity index (χ4n) is 1.20. The molecule has 0 heterocycles. The average molecular weight is 243 g/mol. The van der Waals surface area contributed by atoms with E-state index in [4.69, 9.17) is 16.3 Å². The van der Waals surface area contributed by atoms with Crippen LogP contribution in [0.3, 0.4) is 0 Å². The molecule has 16 heavy (non-hydrogen) atoms. The second-order valence-electron chi connectivity index (χ2n) is 3.20. The summed E-state index contributed by atoms with van der Waals surface area (Å²) in [4.78, 5) is 11.0. The molecule has 0 atom stereocenters. The molecule has 4 nitrogen and oxygen atoms in total. The molecule has 1 aromatic rings. The number of hydrogen-bond donors (Lipinski definition) is 2. The van der Waals surface area contributed by atoms with Gasteiger partial charge in [0.05, 0.1) is 17.8 Å². The predicted molar refractivity (Wildman–Crippen MR) is 65.2 cm³/mol. The van der Waals surface area contributed by atoms with Crippen molar-refractivity contribution in [1.82, 2.24) is 5.32 Å². The van der Waals surface area contributed by atoms with Gasteiger partial charge in [0.25, 0.3) is 0 Å². The number of methoxy groups -OCH3 is 1. The molecule has 0 unspecified atom stereocenters. The van der Waals surface area contributed by atoms with Gasteiger partial charge in [0.2, 0.25) is 5.91 Å². The minimum Gasteiger partial charge on any atom is -0.497 e.